The average molecular weight is 145 g/mol. The molecule has 3 nitrogen and oxygen atoms in total. The Balaban J connectivity index is 2.18. The van der Waals surface area contributed by atoms with Crippen molar-refractivity contribution in [3.63, 3.8) is 0 Å². The lowest BCUT2D eigenvalue weighted by Crippen LogP contribution is -2.27. The van der Waals surface area contributed by atoms with Gasteiger partial charge in [-0.15, -0.1) is 0 Å². The molecule has 0 saturated carbocycles. The Bertz CT molecular complexity index is 106. The fourth-order valence-electron chi connectivity index (χ4n) is 1.10. The van der Waals surface area contributed by atoms with Crippen LogP contribution in [0, 0.1) is 0 Å². The first kappa shape index (κ1) is 7.98. The van der Waals surface area contributed by atoms with Crippen molar-refractivity contribution in [1.82, 2.24) is 4.90 Å². The number of hydrogen-bond donors (Lipinski definition) is 0. The fourth-order valence-corrected chi connectivity index (χ4v) is 1.10. The highest BCUT2D eigenvalue weighted by Gasteiger charge is 2.22. The largest absolute Gasteiger partial charge is 0.350 e. The van der Waals surface area contributed by atoms with E-state index in [4.69, 9.17) is 9.47 Å². The van der Waals surface area contributed by atoms with E-state index in [-0.39, 0.29) is 12.4 Å². The van der Waals surface area contributed by atoms with Gasteiger partial charge in [0, 0.05) is 6.54 Å². The monoisotopic (exact) mass is 145 g/mol. The van der Waals surface area contributed by atoms with Crippen LogP contribution in [-0.4, -0.2) is 44.5 Å². The summed E-state index contributed by atoms with van der Waals surface area (Å²) >= 11 is 0. The van der Waals surface area contributed by atoms with E-state index in [0.717, 1.165) is 13.2 Å². The molecule has 1 aliphatic rings. The lowest BCUT2D eigenvalue weighted by Gasteiger charge is -2.13. The van der Waals surface area contributed by atoms with Crippen LogP contribution in [0.25, 0.3) is 0 Å². The molecule has 3 heteroatoms. The Morgan fingerprint density at radius 3 is 2.60 bits per heavy atom. The molecule has 0 aromatic heterocycles. The average Bonchev–Trinajstić information content (AvgIpc) is 2.13. The molecule has 2 atom stereocenters. The zero-order chi connectivity index (χ0) is 7.56. The summed E-state index contributed by atoms with van der Waals surface area (Å²) in [5, 5.41) is 0. The van der Waals surface area contributed by atoms with Crippen LogP contribution in [0.3, 0.4) is 0 Å². The molecular weight excluding hydrogens is 130 g/mol. The minimum atomic E-state index is -0.00931. The molecule has 0 unspecified atom stereocenters. The van der Waals surface area contributed by atoms with Crippen molar-refractivity contribution in [1.29, 1.82) is 0 Å². The normalized spacial score (nSPS) is 33.6. The second-order valence-electron chi connectivity index (χ2n) is 2.92. The van der Waals surface area contributed by atoms with E-state index in [9.17, 15) is 0 Å². The van der Waals surface area contributed by atoms with E-state index >= 15 is 0 Å². The Kier molecular flexibility index (Phi) is 2.65. The van der Waals surface area contributed by atoms with Gasteiger partial charge in [0.2, 0.25) is 0 Å². The smallest absolute Gasteiger partial charge is 0.155 e. The number of hydrogen-bond acceptors (Lipinski definition) is 3. The van der Waals surface area contributed by atoms with E-state index in [0.29, 0.717) is 0 Å². The maximum Gasteiger partial charge on any atom is 0.155 e. The van der Waals surface area contributed by atoms with Crippen LogP contribution < -0.4 is 0 Å². The van der Waals surface area contributed by atoms with Crippen molar-refractivity contribution in [3.05, 3.63) is 0 Å². The predicted octanol–water partition coefficient (Wildman–Crippen LogP) is 0.309. The molecule has 0 aliphatic carbocycles. The third kappa shape index (κ3) is 2.25. The summed E-state index contributed by atoms with van der Waals surface area (Å²) in [4.78, 5) is 2.10. The van der Waals surface area contributed by atoms with Gasteiger partial charge in [0.15, 0.2) is 6.29 Å². The maximum atomic E-state index is 5.41. The number of likely N-dealkylation sites (N-methyl/N-ethyl adjacent to an activating group) is 1. The lowest BCUT2D eigenvalue weighted by molar-refractivity contribution is -0.0450. The van der Waals surface area contributed by atoms with Crippen LogP contribution in [0.5, 0.6) is 0 Å². The van der Waals surface area contributed by atoms with Gasteiger partial charge in [0.05, 0.1) is 12.7 Å². The van der Waals surface area contributed by atoms with Crippen LogP contribution in [0.2, 0.25) is 0 Å². The molecule has 1 fully saturated rings. The summed E-state index contributed by atoms with van der Waals surface area (Å²) in [5.41, 5.74) is 0. The van der Waals surface area contributed by atoms with Crippen molar-refractivity contribution in [2.75, 3.05) is 27.2 Å². The first-order valence-corrected chi connectivity index (χ1v) is 3.60. The van der Waals surface area contributed by atoms with Gasteiger partial charge in [0.1, 0.15) is 0 Å². The lowest BCUT2D eigenvalue weighted by atomic mass is 10.4. The van der Waals surface area contributed by atoms with Gasteiger partial charge >= 0.3 is 0 Å². The molecule has 60 valence electrons. The van der Waals surface area contributed by atoms with Gasteiger partial charge in [-0.05, 0) is 21.0 Å². The van der Waals surface area contributed by atoms with Gasteiger partial charge in [-0.3, -0.25) is 0 Å². The maximum absolute atomic E-state index is 5.41. The fraction of sp³-hybridized carbons (Fsp3) is 1.00. The molecule has 10 heavy (non-hydrogen) atoms. The molecule has 0 spiro atoms. The van der Waals surface area contributed by atoms with Crippen LogP contribution >= 0.6 is 0 Å². The van der Waals surface area contributed by atoms with Crippen LogP contribution in [0.4, 0.5) is 0 Å². The zero-order valence-electron chi connectivity index (χ0n) is 6.83. The molecule has 1 aliphatic heterocycles. The standard InChI is InChI=1S/C7H15NO2/c1-6-9-5-7(10-6)4-8(2)3/h6-7H,4-5H2,1-3H3/t6-,7-/m0/s1. The van der Waals surface area contributed by atoms with Gasteiger partial charge in [-0.25, -0.2) is 0 Å². The van der Waals surface area contributed by atoms with Crippen molar-refractivity contribution >= 4 is 0 Å². The van der Waals surface area contributed by atoms with E-state index in [1.165, 1.54) is 0 Å². The summed E-state index contributed by atoms with van der Waals surface area (Å²) < 4.78 is 10.6. The quantitative estimate of drug-likeness (QED) is 0.558. The Labute approximate surface area is 61.9 Å². The Morgan fingerprint density at radius 2 is 2.20 bits per heavy atom. The predicted molar refractivity (Wildman–Crippen MR) is 38.8 cm³/mol. The first-order chi connectivity index (χ1) is 4.68. The summed E-state index contributed by atoms with van der Waals surface area (Å²) in [5.74, 6) is 0. The second kappa shape index (κ2) is 3.32. The number of rotatable bonds is 2. The van der Waals surface area contributed by atoms with Crippen molar-refractivity contribution < 1.29 is 9.47 Å². The molecule has 0 bridgehead atoms. The topological polar surface area (TPSA) is 21.7 Å². The molecule has 0 N–H and O–H groups in total. The zero-order valence-corrected chi connectivity index (χ0v) is 6.83. The molecule has 1 rings (SSSR count). The van der Waals surface area contributed by atoms with E-state index < -0.39 is 0 Å². The number of ether oxygens (including phenoxy) is 2. The third-order valence-corrected chi connectivity index (χ3v) is 1.47. The van der Waals surface area contributed by atoms with Crippen LogP contribution in [0.15, 0.2) is 0 Å². The highest BCUT2D eigenvalue weighted by atomic mass is 16.7. The highest BCUT2D eigenvalue weighted by Crippen LogP contribution is 2.10. The van der Waals surface area contributed by atoms with Gasteiger partial charge in [-0.1, -0.05) is 0 Å². The van der Waals surface area contributed by atoms with Crippen LogP contribution in [-0.2, 0) is 9.47 Å². The van der Waals surface area contributed by atoms with Crippen molar-refractivity contribution in [2.24, 2.45) is 0 Å². The van der Waals surface area contributed by atoms with Gasteiger partial charge in [0.25, 0.3) is 0 Å². The molecule has 1 heterocycles. The van der Waals surface area contributed by atoms with Crippen molar-refractivity contribution in [3.8, 4) is 0 Å². The van der Waals surface area contributed by atoms with E-state index in [1.54, 1.807) is 0 Å². The Hall–Kier alpha value is -0.120. The van der Waals surface area contributed by atoms with Crippen molar-refractivity contribution in [2.45, 2.75) is 19.3 Å². The summed E-state index contributed by atoms with van der Waals surface area (Å²) in [6, 6.07) is 0. The second-order valence-corrected chi connectivity index (χ2v) is 2.92. The molecular formula is C7H15NO2. The number of nitrogens with zero attached hydrogens (tertiary/aromatic N) is 1. The first-order valence-electron chi connectivity index (χ1n) is 3.60. The van der Waals surface area contributed by atoms with E-state index in [2.05, 4.69) is 4.90 Å². The molecule has 0 aromatic carbocycles. The summed E-state index contributed by atoms with van der Waals surface area (Å²) in [6.07, 6.45) is 0.259. The Morgan fingerprint density at radius 1 is 1.50 bits per heavy atom. The summed E-state index contributed by atoms with van der Waals surface area (Å²) in [7, 11) is 4.07. The molecule has 0 radical (unpaired) electrons. The SMILES string of the molecule is C[C@H]1OC[C@H](CN(C)C)O1. The third-order valence-electron chi connectivity index (χ3n) is 1.47. The summed E-state index contributed by atoms with van der Waals surface area (Å²) in [6.45, 7) is 3.61. The molecule has 0 amide bonds. The minimum absolute atomic E-state index is 0.00931. The highest BCUT2D eigenvalue weighted by molar-refractivity contribution is 4.65. The van der Waals surface area contributed by atoms with Crippen LogP contribution in [0.1, 0.15) is 6.92 Å². The molecule has 0 aromatic rings. The van der Waals surface area contributed by atoms with Gasteiger partial charge < -0.3 is 14.4 Å². The molecule has 1 saturated heterocycles. The van der Waals surface area contributed by atoms with Gasteiger partial charge in [-0.2, -0.15) is 0 Å². The van der Waals surface area contributed by atoms with E-state index in [1.807, 2.05) is 21.0 Å². The minimum Gasteiger partial charge on any atom is -0.350 e.